The molecule has 0 aliphatic carbocycles. The van der Waals surface area contributed by atoms with Crippen molar-refractivity contribution in [3.63, 3.8) is 0 Å². The van der Waals surface area contributed by atoms with Gasteiger partial charge in [-0.05, 0) is 19.1 Å². The third-order valence-electron chi connectivity index (χ3n) is 3.39. The van der Waals surface area contributed by atoms with Crippen molar-refractivity contribution in [3.8, 4) is 0 Å². The van der Waals surface area contributed by atoms with Crippen LogP contribution < -0.4 is 0 Å². The van der Waals surface area contributed by atoms with E-state index in [4.69, 9.17) is 9.47 Å². The van der Waals surface area contributed by atoms with Gasteiger partial charge in [0.15, 0.2) is 5.78 Å². The first-order chi connectivity index (χ1) is 10.1. The maximum absolute atomic E-state index is 12.2. The van der Waals surface area contributed by atoms with Crippen LogP contribution in [0.15, 0.2) is 28.7 Å². The van der Waals surface area contributed by atoms with E-state index in [2.05, 4.69) is 27.8 Å². The Morgan fingerprint density at radius 3 is 2.67 bits per heavy atom. The molecular weight excluding hydrogens is 334 g/mol. The van der Waals surface area contributed by atoms with E-state index < -0.39 is 0 Å². The normalized spacial score (nSPS) is 12.6. The third-order valence-corrected chi connectivity index (χ3v) is 3.88. The lowest BCUT2D eigenvalue weighted by molar-refractivity contribution is 0.0703. The molecule has 0 aliphatic heterocycles. The van der Waals surface area contributed by atoms with Gasteiger partial charge in [0, 0.05) is 49.8 Å². The quantitative estimate of drug-likeness (QED) is 0.603. The van der Waals surface area contributed by atoms with Crippen LogP contribution in [0.4, 0.5) is 0 Å². The average molecular weight is 358 g/mol. The number of Topliss-reactive ketones (excluding diaryl/α,β-unsaturated/α-hetero) is 1. The van der Waals surface area contributed by atoms with Crippen molar-refractivity contribution in [2.45, 2.75) is 19.4 Å². The first-order valence-electron chi connectivity index (χ1n) is 7.09. The van der Waals surface area contributed by atoms with Crippen LogP contribution in [0, 0.1) is 0 Å². The van der Waals surface area contributed by atoms with Crippen LogP contribution in [-0.4, -0.2) is 57.2 Å². The van der Waals surface area contributed by atoms with Crippen molar-refractivity contribution in [1.82, 2.24) is 4.90 Å². The standard InChI is InChI=1S/C16H24BrNO3/c1-13(12-21-3)18(9-10-20-2)8-7-16(19)14-5-4-6-15(17)11-14/h4-6,11,13H,7-10,12H2,1-3H3. The molecule has 1 aromatic rings. The Balaban J connectivity index is 2.56. The van der Waals surface area contributed by atoms with E-state index in [0.717, 1.165) is 16.6 Å². The molecule has 21 heavy (non-hydrogen) atoms. The summed E-state index contributed by atoms with van der Waals surface area (Å²) in [5.74, 6) is 0.156. The molecule has 0 N–H and O–H groups in total. The maximum atomic E-state index is 12.2. The minimum atomic E-state index is 0.156. The van der Waals surface area contributed by atoms with E-state index in [1.165, 1.54) is 0 Å². The Morgan fingerprint density at radius 2 is 2.05 bits per heavy atom. The fourth-order valence-electron chi connectivity index (χ4n) is 2.16. The molecule has 0 fully saturated rings. The first kappa shape index (κ1) is 18.3. The number of ketones is 1. The Kier molecular flexibility index (Phi) is 8.76. The lowest BCUT2D eigenvalue weighted by atomic mass is 10.1. The monoisotopic (exact) mass is 357 g/mol. The summed E-state index contributed by atoms with van der Waals surface area (Å²) in [6.07, 6.45) is 0.494. The van der Waals surface area contributed by atoms with Crippen molar-refractivity contribution in [1.29, 1.82) is 0 Å². The predicted molar refractivity (Wildman–Crippen MR) is 87.9 cm³/mol. The van der Waals surface area contributed by atoms with Crippen LogP contribution in [0.3, 0.4) is 0 Å². The third kappa shape index (κ3) is 6.70. The van der Waals surface area contributed by atoms with Gasteiger partial charge in [0.25, 0.3) is 0 Å². The summed E-state index contributed by atoms with van der Waals surface area (Å²) in [6.45, 7) is 4.91. The van der Waals surface area contributed by atoms with Gasteiger partial charge < -0.3 is 9.47 Å². The minimum Gasteiger partial charge on any atom is -0.383 e. The topological polar surface area (TPSA) is 38.8 Å². The zero-order valence-corrected chi connectivity index (χ0v) is 14.6. The Morgan fingerprint density at radius 1 is 1.29 bits per heavy atom. The van der Waals surface area contributed by atoms with Crippen LogP contribution in [0.2, 0.25) is 0 Å². The van der Waals surface area contributed by atoms with Crippen LogP contribution in [0.25, 0.3) is 0 Å². The fraction of sp³-hybridized carbons (Fsp3) is 0.562. The number of hydrogen-bond acceptors (Lipinski definition) is 4. The molecule has 1 rings (SSSR count). The van der Waals surface area contributed by atoms with E-state index >= 15 is 0 Å². The maximum Gasteiger partial charge on any atom is 0.164 e. The summed E-state index contributed by atoms with van der Waals surface area (Å²) in [5.41, 5.74) is 0.746. The zero-order chi connectivity index (χ0) is 15.7. The van der Waals surface area contributed by atoms with Crippen molar-refractivity contribution < 1.29 is 14.3 Å². The molecule has 0 saturated heterocycles. The van der Waals surface area contributed by atoms with E-state index in [1.807, 2.05) is 24.3 Å². The number of halogens is 1. The van der Waals surface area contributed by atoms with E-state index in [-0.39, 0.29) is 11.8 Å². The summed E-state index contributed by atoms with van der Waals surface area (Å²) in [7, 11) is 3.38. The molecule has 0 aliphatic rings. The molecule has 0 radical (unpaired) electrons. The molecule has 1 aromatic carbocycles. The second-order valence-corrected chi connectivity index (χ2v) is 5.93. The van der Waals surface area contributed by atoms with Gasteiger partial charge in [0.2, 0.25) is 0 Å². The van der Waals surface area contributed by atoms with Gasteiger partial charge >= 0.3 is 0 Å². The van der Waals surface area contributed by atoms with Crippen LogP contribution in [0.5, 0.6) is 0 Å². The highest BCUT2D eigenvalue weighted by molar-refractivity contribution is 9.10. The molecule has 1 unspecified atom stereocenters. The van der Waals surface area contributed by atoms with Crippen molar-refractivity contribution >= 4 is 21.7 Å². The molecule has 0 spiro atoms. The van der Waals surface area contributed by atoms with Crippen molar-refractivity contribution in [3.05, 3.63) is 34.3 Å². The summed E-state index contributed by atoms with van der Waals surface area (Å²) in [4.78, 5) is 14.5. The molecule has 5 heteroatoms. The second-order valence-electron chi connectivity index (χ2n) is 5.02. The summed E-state index contributed by atoms with van der Waals surface area (Å²) >= 11 is 3.39. The second kappa shape index (κ2) is 10.1. The van der Waals surface area contributed by atoms with Crippen LogP contribution in [0.1, 0.15) is 23.7 Å². The Bertz CT molecular complexity index is 439. The van der Waals surface area contributed by atoms with Crippen molar-refractivity contribution in [2.24, 2.45) is 0 Å². The van der Waals surface area contributed by atoms with Crippen molar-refractivity contribution in [2.75, 3.05) is 40.5 Å². The number of nitrogens with zero attached hydrogens (tertiary/aromatic N) is 1. The lowest BCUT2D eigenvalue weighted by Crippen LogP contribution is -2.39. The fourth-order valence-corrected chi connectivity index (χ4v) is 2.56. The highest BCUT2D eigenvalue weighted by Gasteiger charge is 2.15. The molecule has 0 heterocycles. The van der Waals surface area contributed by atoms with Gasteiger partial charge in [0.05, 0.1) is 13.2 Å². The SMILES string of the molecule is COCCN(CCC(=O)c1cccc(Br)c1)C(C)COC. The highest BCUT2D eigenvalue weighted by atomic mass is 79.9. The van der Waals surface area contributed by atoms with Gasteiger partial charge in [0.1, 0.15) is 0 Å². The Hall–Kier alpha value is -0.750. The molecule has 1 atom stereocenters. The number of rotatable bonds is 10. The van der Waals surface area contributed by atoms with E-state index in [0.29, 0.717) is 26.2 Å². The van der Waals surface area contributed by atoms with E-state index in [9.17, 15) is 4.79 Å². The smallest absolute Gasteiger partial charge is 0.164 e. The van der Waals surface area contributed by atoms with Gasteiger partial charge in [-0.1, -0.05) is 28.1 Å². The lowest BCUT2D eigenvalue weighted by Gasteiger charge is -2.28. The van der Waals surface area contributed by atoms with E-state index in [1.54, 1.807) is 14.2 Å². The molecule has 0 aromatic heterocycles. The van der Waals surface area contributed by atoms with Gasteiger partial charge in [-0.2, -0.15) is 0 Å². The van der Waals surface area contributed by atoms with Gasteiger partial charge in [-0.15, -0.1) is 0 Å². The first-order valence-corrected chi connectivity index (χ1v) is 7.88. The predicted octanol–water partition coefficient (Wildman–Crippen LogP) is 3.01. The van der Waals surface area contributed by atoms with Gasteiger partial charge in [-0.25, -0.2) is 0 Å². The molecule has 4 nitrogen and oxygen atoms in total. The largest absolute Gasteiger partial charge is 0.383 e. The number of carbonyl (C=O) groups excluding carboxylic acids is 1. The van der Waals surface area contributed by atoms with Crippen LogP contribution >= 0.6 is 15.9 Å². The van der Waals surface area contributed by atoms with Gasteiger partial charge in [-0.3, -0.25) is 9.69 Å². The number of hydrogen-bond donors (Lipinski definition) is 0. The molecule has 0 bridgehead atoms. The Labute approximate surface area is 135 Å². The molecule has 0 amide bonds. The number of benzene rings is 1. The average Bonchev–Trinajstić information content (AvgIpc) is 2.47. The number of carbonyl (C=O) groups is 1. The molecule has 118 valence electrons. The summed E-state index contributed by atoms with van der Waals surface area (Å²) in [5, 5.41) is 0. The molecular formula is C16H24BrNO3. The molecule has 0 saturated carbocycles. The number of ether oxygens (including phenoxy) is 2. The summed E-state index contributed by atoms with van der Waals surface area (Å²) < 4.78 is 11.3. The number of methoxy groups -OCH3 is 2. The highest BCUT2D eigenvalue weighted by Crippen LogP contribution is 2.13. The van der Waals surface area contributed by atoms with Crippen LogP contribution in [-0.2, 0) is 9.47 Å². The summed E-state index contributed by atoms with van der Waals surface area (Å²) in [6, 6.07) is 7.78. The zero-order valence-electron chi connectivity index (χ0n) is 13.0. The minimum absolute atomic E-state index is 0.156.